The van der Waals surface area contributed by atoms with Crippen LogP contribution in [0, 0.1) is 0 Å². The second kappa shape index (κ2) is 6.70. The molecular formula is C11H15N3O2S. The van der Waals surface area contributed by atoms with Crippen molar-refractivity contribution in [1.29, 1.82) is 0 Å². The van der Waals surface area contributed by atoms with Gasteiger partial charge in [-0.2, -0.15) is 5.10 Å². The van der Waals surface area contributed by atoms with Crippen LogP contribution in [0.2, 0.25) is 0 Å². The van der Waals surface area contributed by atoms with E-state index in [1.54, 1.807) is 13.3 Å². The van der Waals surface area contributed by atoms with Crippen molar-refractivity contribution in [1.82, 2.24) is 5.43 Å². The predicted octanol–water partition coefficient (Wildman–Crippen LogP) is 1.26. The fourth-order valence-corrected chi connectivity index (χ4v) is 1.26. The van der Waals surface area contributed by atoms with Gasteiger partial charge in [0.25, 0.3) is 0 Å². The molecule has 0 heterocycles. The third kappa shape index (κ3) is 4.28. The van der Waals surface area contributed by atoms with Crippen molar-refractivity contribution in [2.75, 3.05) is 13.7 Å². The van der Waals surface area contributed by atoms with Crippen LogP contribution in [0.4, 0.5) is 0 Å². The second-order valence-electron chi connectivity index (χ2n) is 3.08. The first-order chi connectivity index (χ1) is 8.17. The molecule has 0 amide bonds. The third-order valence-corrected chi connectivity index (χ3v) is 1.97. The fraction of sp³-hybridized carbons (Fsp3) is 0.273. The van der Waals surface area contributed by atoms with Gasteiger partial charge in [-0.3, -0.25) is 5.43 Å². The average Bonchev–Trinajstić information content (AvgIpc) is 2.30. The molecule has 1 aromatic rings. The number of nitrogens with zero attached hydrogens (tertiary/aromatic N) is 1. The highest BCUT2D eigenvalue weighted by atomic mass is 32.1. The highest BCUT2D eigenvalue weighted by molar-refractivity contribution is 7.80. The van der Waals surface area contributed by atoms with E-state index in [0.29, 0.717) is 18.1 Å². The monoisotopic (exact) mass is 253 g/mol. The number of hydrazone groups is 1. The first-order valence-electron chi connectivity index (χ1n) is 5.06. The number of ether oxygens (including phenoxy) is 2. The maximum absolute atomic E-state index is 5.40. The smallest absolute Gasteiger partial charge is 0.184 e. The molecule has 0 aliphatic carbocycles. The number of rotatable bonds is 5. The summed E-state index contributed by atoms with van der Waals surface area (Å²) in [5.41, 5.74) is 8.57. The van der Waals surface area contributed by atoms with Crippen LogP contribution in [0.3, 0.4) is 0 Å². The molecule has 0 aliphatic rings. The van der Waals surface area contributed by atoms with Gasteiger partial charge in [-0.05, 0) is 42.9 Å². The molecule has 3 N–H and O–H groups in total. The van der Waals surface area contributed by atoms with E-state index in [1.807, 2.05) is 25.1 Å². The molecule has 0 bridgehead atoms. The molecule has 5 nitrogen and oxygen atoms in total. The van der Waals surface area contributed by atoms with E-state index in [-0.39, 0.29) is 5.11 Å². The largest absolute Gasteiger partial charge is 0.493 e. The number of hydrogen-bond donors (Lipinski definition) is 2. The highest BCUT2D eigenvalue weighted by Gasteiger charge is 2.03. The van der Waals surface area contributed by atoms with Crippen LogP contribution in [-0.2, 0) is 0 Å². The number of nitrogens with one attached hydrogen (secondary N) is 1. The minimum absolute atomic E-state index is 0.124. The van der Waals surface area contributed by atoms with E-state index in [0.717, 1.165) is 5.56 Å². The lowest BCUT2D eigenvalue weighted by atomic mass is 10.2. The zero-order valence-electron chi connectivity index (χ0n) is 9.77. The van der Waals surface area contributed by atoms with Crippen LogP contribution in [0.5, 0.6) is 11.5 Å². The van der Waals surface area contributed by atoms with E-state index in [4.69, 9.17) is 15.2 Å². The van der Waals surface area contributed by atoms with Crippen LogP contribution in [0.1, 0.15) is 12.5 Å². The summed E-state index contributed by atoms with van der Waals surface area (Å²) >= 11 is 4.62. The number of methoxy groups -OCH3 is 1. The number of nitrogens with two attached hydrogens (primary N) is 1. The summed E-state index contributed by atoms with van der Waals surface area (Å²) < 4.78 is 10.6. The van der Waals surface area contributed by atoms with Crippen molar-refractivity contribution >= 4 is 23.5 Å². The topological polar surface area (TPSA) is 68.9 Å². The lowest BCUT2D eigenvalue weighted by Crippen LogP contribution is -2.23. The Morgan fingerprint density at radius 1 is 1.53 bits per heavy atom. The minimum Gasteiger partial charge on any atom is -0.493 e. The first-order valence-corrected chi connectivity index (χ1v) is 5.47. The molecule has 6 heteroatoms. The molecule has 17 heavy (non-hydrogen) atoms. The molecule has 1 rings (SSSR count). The zero-order valence-corrected chi connectivity index (χ0v) is 10.6. The van der Waals surface area contributed by atoms with Crippen LogP contribution in [-0.4, -0.2) is 25.0 Å². The van der Waals surface area contributed by atoms with Crippen molar-refractivity contribution in [3.8, 4) is 11.5 Å². The molecule has 0 radical (unpaired) electrons. The van der Waals surface area contributed by atoms with Gasteiger partial charge >= 0.3 is 0 Å². The van der Waals surface area contributed by atoms with Gasteiger partial charge in [0.2, 0.25) is 0 Å². The molecule has 1 aromatic carbocycles. The normalized spacial score (nSPS) is 10.2. The molecule has 0 spiro atoms. The summed E-state index contributed by atoms with van der Waals surface area (Å²) in [5, 5.41) is 3.98. The Balaban J connectivity index is 2.81. The van der Waals surface area contributed by atoms with Crippen molar-refractivity contribution in [2.45, 2.75) is 6.92 Å². The van der Waals surface area contributed by atoms with E-state index < -0.39 is 0 Å². The number of benzene rings is 1. The summed E-state index contributed by atoms with van der Waals surface area (Å²) in [5.74, 6) is 1.36. The van der Waals surface area contributed by atoms with Gasteiger partial charge in [0.1, 0.15) is 0 Å². The van der Waals surface area contributed by atoms with Crippen molar-refractivity contribution in [3.05, 3.63) is 23.8 Å². The second-order valence-corrected chi connectivity index (χ2v) is 3.52. The van der Waals surface area contributed by atoms with E-state index in [2.05, 4.69) is 22.7 Å². The first kappa shape index (κ1) is 13.2. The summed E-state index contributed by atoms with van der Waals surface area (Å²) in [6.45, 7) is 2.51. The zero-order chi connectivity index (χ0) is 12.7. The fourth-order valence-electron chi connectivity index (χ4n) is 1.21. The van der Waals surface area contributed by atoms with Crippen LogP contribution < -0.4 is 20.6 Å². The van der Waals surface area contributed by atoms with Crippen LogP contribution >= 0.6 is 12.2 Å². The van der Waals surface area contributed by atoms with Crippen molar-refractivity contribution in [2.24, 2.45) is 10.8 Å². The third-order valence-electron chi connectivity index (χ3n) is 1.88. The molecule has 92 valence electrons. The predicted molar refractivity (Wildman–Crippen MR) is 71.7 cm³/mol. The van der Waals surface area contributed by atoms with Crippen molar-refractivity contribution in [3.63, 3.8) is 0 Å². The minimum atomic E-state index is 0.124. The molecule has 0 aliphatic heterocycles. The van der Waals surface area contributed by atoms with E-state index >= 15 is 0 Å². The highest BCUT2D eigenvalue weighted by Crippen LogP contribution is 2.27. The Labute approximate surface area is 106 Å². The Bertz CT molecular complexity index is 421. The summed E-state index contributed by atoms with van der Waals surface area (Å²) in [7, 11) is 1.59. The molecule has 0 fully saturated rings. The molecule has 0 atom stereocenters. The Hall–Kier alpha value is -1.82. The molecule has 0 saturated heterocycles. The Morgan fingerprint density at radius 3 is 2.88 bits per heavy atom. The summed E-state index contributed by atoms with van der Waals surface area (Å²) in [6.07, 6.45) is 1.59. The van der Waals surface area contributed by atoms with Gasteiger partial charge < -0.3 is 15.2 Å². The van der Waals surface area contributed by atoms with E-state index in [1.165, 1.54) is 0 Å². The molecule has 0 aromatic heterocycles. The summed E-state index contributed by atoms with van der Waals surface area (Å²) in [6, 6.07) is 5.50. The van der Waals surface area contributed by atoms with Crippen molar-refractivity contribution < 1.29 is 9.47 Å². The van der Waals surface area contributed by atoms with Gasteiger partial charge in [-0.25, -0.2) is 0 Å². The maximum Gasteiger partial charge on any atom is 0.184 e. The molecule has 0 saturated carbocycles. The quantitative estimate of drug-likeness (QED) is 0.470. The molecular weight excluding hydrogens is 238 g/mol. The standard InChI is InChI=1S/C11H15N3O2S/c1-3-16-9-5-4-8(6-10(9)15-2)7-13-14-11(12)17/h4-7H,3H2,1-2H3,(H3,12,14,17)/b13-7-. The van der Waals surface area contributed by atoms with Crippen LogP contribution in [0.25, 0.3) is 0 Å². The van der Waals surface area contributed by atoms with Crippen LogP contribution in [0.15, 0.2) is 23.3 Å². The van der Waals surface area contributed by atoms with Gasteiger partial charge in [0.15, 0.2) is 16.6 Å². The Morgan fingerprint density at radius 2 is 2.29 bits per heavy atom. The number of thiocarbonyl (C=S) groups is 1. The van der Waals surface area contributed by atoms with Gasteiger partial charge in [-0.1, -0.05) is 0 Å². The summed E-state index contributed by atoms with van der Waals surface area (Å²) in [4.78, 5) is 0. The average molecular weight is 253 g/mol. The SMILES string of the molecule is CCOc1ccc(/C=N\NC(N)=S)cc1OC. The molecule has 0 unspecified atom stereocenters. The van der Waals surface area contributed by atoms with Gasteiger partial charge in [0, 0.05) is 0 Å². The lowest BCUT2D eigenvalue weighted by molar-refractivity contribution is 0.311. The number of hydrogen-bond acceptors (Lipinski definition) is 4. The van der Waals surface area contributed by atoms with Gasteiger partial charge in [0.05, 0.1) is 19.9 Å². The lowest BCUT2D eigenvalue weighted by Gasteiger charge is -2.09. The van der Waals surface area contributed by atoms with Gasteiger partial charge in [-0.15, -0.1) is 0 Å². The van der Waals surface area contributed by atoms with E-state index in [9.17, 15) is 0 Å². The Kier molecular flexibility index (Phi) is 5.22. The maximum atomic E-state index is 5.40.